The van der Waals surface area contributed by atoms with Crippen molar-refractivity contribution in [3.8, 4) is 11.1 Å². The van der Waals surface area contributed by atoms with Crippen LogP contribution in [0.1, 0.15) is 54.1 Å². The number of hydrogen-bond acceptors (Lipinski definition) is 5. The van der Waals surface area contributed by atoms with Crippen LogP contribution in [0.25, 0.3) is 11.1 Å². The first-order valence-electron chi connectivity index (χ1n) is 11.6. The number of nitrogen functional groups attached to an aromatic ring is 1. The number of piperidine rings is 1. The molecule has 2 aromatic carbocycles. The Morgan fingerprint density at radius 1 is 1.12 bits per heavy atom. The third-order valence-electron chi connectivity index (χ3n) is 6.05. The van der Waals surface area contributed by atoms with Crippen LogP contribution < -0.4 is 11.1 Å². The molecule has 176 valence electrons. The van der Waals surface area contributed by atoms with E-state index in [1.807, 2.05) is 36.1 Å². The highest BCUT2D eigenvalue weighted by atomic mass is 16.5. The highest BCUT2D eigenvalue weighted by molar-refractivity contribution is 5.96. The highest BCUT2D eigenvalue weighted by Crippen LogP contribution is 2.26. The second-order valence-corrected chi connectivity index (χ2v) is 8.62. The number of nitrogens with one attached hydrogen (secondary N) is 2. The fourth-order valence-corrected chi connectivity index (χ4v) is 4.27. The van der Waals surface area contributed by atoms with E-state index in [9.17, 15) is 9.59 Å². The molecule has 3 rings (SSSR count). The third kappa shape index (κ3) is 6.65. The molecule has 0 aliphatic carbocycles. The summed E-state index contributed by atoms with van der Waals surface area (Å²) in [5.74, 6) is 0.173. The Balaban J connectivity index is 1.95. The predicted molar refractivity (Wildman–Crippen MR) is 130 cm³/mol. The molecule has 1 saturated heterocycles. The number of amides is 1. The molecule has 2 aromatic rings. The zero-order chi connectivity index (χ0) is 23.8. The van der Waals surface area contributed by atoms with Crippen molar-refractivity contribution < 1.29 is 14.3 Å². The van der Waals surface area contributed by atoms with Gasteiger partial charge < -0.3 is 20.7 Å². The number of nitrogens with two attached hydrogens (primary N) is 1. The van der Waals surface area contributed by atoms with Crippen molar-refractivity contribution in [3.63, 3.8) is 0 Å². The Kier molecular flexibility index (Phi) is 8.60. The van der Waals surface area contributed by atoms with Gasteiger partial charge >= 0.3 is 5.97 Å². The molecule has 7 nitrogen and oxygen atoms in total. The van der Waals surface area contributed by atoms with Crippen molar-refractivity contribution in [1.29, 1.82) is 5.41 Å². The molecule has 1 aliphatic heterocycles. The summed E-state index contributed by atoms with van der Waals surface area (Å²) in [6.07, 6.45) is 3.42. The van der Waals surface area contributed by atoms with Gasteiger partial charge in [0.2, 0.25) is 5.91 Å². The second kappa shape index (κ2) is 11.6. The fourth-order valence-electron chi connectivity index (χ4n) is 4.27. The van der Waals surface area contributed by atoms with Gasteiger partial charge in [-0.3, -0.25) is 10.2 Å². The summed E-state index contributed by atoms with van der Waals surface area (Å²) in [5, 5.41) is 11.1. The zero-order valence-electron chi connectivity index (χ0n) is 19.5. The summed E-state index contributed by atoms with van der Waals surface area (Å²) in [6.45, 7) is 5.13. The second-order valence-electron chi connectivity index (χ2n) is 8.62. The van der Waals surface area contributed by atoms with Gasteiger partial charge in [0, 0.05) is 25.1 Å². The highest BCUT2D eigenvalue weighted by Gasteiger charge is 2.21. The molecule has 4 N–H and O–H groups in total. The molecule has 7 heteroatoms. The van der Waals surface area contributed by atoms with Crippen LogP contribution in [-0.4, -0.2) is 49.4 Å². The van der Waals surface area contributed by atoms with E-state index in [4.69, 9.17) is 15.9 Å². The van der Waals surface area contributed by atoms with Crippen LogP contribution in [0.15, 0.2) is 42.5 Å². The lowest BCUT2D eigenvalue weighted by molar-refractivity contribution is -0.132. The first-order chi connectivity index (χ1) is 15.9. The Morgan fingerprint density at radius 3 is 2.52 bits per heavy atom. The monoisotopic (exact) mass is 450 g/mol. The van der Waals surface area contributed by atoms with Gasteiger partial charge in [0.25, 0.3) is 0 Å². The maximum absolute atomic E-state index is 13.0. The molecule has 1 fully saturated rings. The van der Waals surface area contributed by atoms with Gasteiger partial charge in [0.05, 0.1) is 12.7 Å². The van der Waals surface area contributed by atoms with Crippen molar-refractivity contribution >= 4 is 17.7 Å². The normalized spacial score (nSPS) is 14.0. The van der Waals surface area contributed by atoms with E-state index in [0.717, 1.165) is 55.6 Å². The van der Waals surface area contributed by atoms with Crippen LogP contribution >= 0.6 is 0 Å². The van der Waals surface area contributed by atoms with Gasteiger partial charge in [0.1, 0.15) is 5.84 Å². The van der Waals surface area contributed by atoms with Gasteiger partial charge in [-0.1, -0.05) is 25.1 Å². The van der Waals surface area contributed by atoms with Crippen molar-refractivity contribution in [3.05, 3.63) is 59.2 Å². The van der Waals surface area contributed by atoms with E-state index in [1.165, 1.54) is 7.11 Å². The minimum absolute atomic E-state index is 0.0143. The number of rotatable bonds is 9. The number of carbonyl (C=O) groups is 2. The van der Waals surface area contributed by atoms with Gasteiger partial charge in [-0.25, -0.2) is 4.79 Å². The number of amidine groups is 1. The Morgan fingerprint density at radius 2 is 1.85 bits per heavy atom. The van der Waals surface area contributed by atoms with E-state index in [1.54, 1.807) is 18.2 Å². The summed E-state index contributed by atoms with van der Waals surface area (Å²) >= 11 is 0. The standard InChI is InChI=1S/C26H34N4O3/c1-3-5-24(31)30(16-18-8-10-29-11-9-18)17-19-12-22(15-23(13-19)26(32)33-2)20-6-4-7-21(14-20)25(27)28/h4,6-7,12-15,18,29H,3,5,8-11,16-17H2,1-2H3,(H3,27,28). The van der Waals surface area contributed by atoms with Gasteiger partial charge in [0.15, 0.2) is 0 Å². The molecule has 1 aliphatic rings. The number of benzene rings is 2. The molecule has 0 aromatic heterocycles. The zero-order valence-corrected chi connectivity index (χ0v) is 19.5. The SMILES string of the molecule is CCCC(=O)N(Cc1cc(C(=O)OC)cc(-c2cccc(C(=N)N)c2)c1)CC1CCNCC1. The predicted octanol–water partition coefficient (Wildman–Crippen LogP) is 3.55. The largest absolute Gasteiger partial charge is 0.465 e. The van der Waals surface area contributed by atoms with Crippen LogP contribution in [0.4, 0.5) is 0 Å². The lowest BCUT2D eigenvalue weighted by Gasteiger charge is -2.30. The van der Waals surface area contributed by atoms with Crippen molar-refractivity contribution in [1.82, 2.24) is 10.2 Å². The molecular weight excluding hydrogens is 416 g/mol. The molecular formula is C26H34N4O3. The van der Waals surface area contributed by atoms with Crippen LogP contribution in [0.3, 0.4) is 0 Å². The van der Waals surface area contributed by atoms with E-state index < -0.39 is 5.97 Å². The lowest BCUT2D eigenvalue weighted by Crippen LogP contribution is -2.39. The minimum atomic E-state index is -0.425. The van der Waals surface area contributed by atoms with Gasteiger partial charge in [-0.05, 0) is 79.2 Å². The Bertz CT molecular complexity index is 999. The molecule has 1 heterocycles. The average Bonchev–Trinajstić information content (AvgIpc) is 2.83. The van der Waals surface area contributed by atoms with E-state index in [2.05, 4.69) is 5.32 Å². The lowest BCUT2D eigenvalue weighted by atomic mass is 9.96. The summed E-state index contributed by atoms with van der Waals surface area (Å²) in [6, 6.07) is 12.9. The van der Waals surface area contributed by atoms with E-state index in [0.29, 0.717) is 30.0 Å². The Hall–Kier alpha value is -3.19. The molecule has 0 unspecified atom stereocenters. The van der Waals surface area contributed by atoms with E-state index in [-0.39, 0.29) is 11.7 Å². The number of esters is 1. The fraction of sp³-hybridized carbons (Fsp3) is 0.423. The smallest absolute Gasteiger partial charge is 0.337 e. The maximum Gasteiger partial charge on any atom is 0.337 e. The summed E-state index contributed by atoms with van der Waals surface area (Å²) in [7, 11) is 1.36. The maximum atomic E-state index is 13.0. The number of methoxy groups -OCH3 is 1. The number of hydrogen-bond donors (Lipinski definition) is 3. The molecule has 0 saturated carbocycles. The quantitative estimate of drug-likeness (QED) is 0.308. The van der Waals surface area contributed by atoms with Crippen LogP contribution in [0, 0.1) is 11.3 Å². The average molecular weight is 451 g/mol. The Labute approximate surface area is 195 Å². The molecule has 0 atom stereocenters. The van der Waals surface area contributed by atoms with Crippen LogP contribution in [0.5, 0.6) is 0 Å². The first kappa shape index (κ1) is 24.5. The topological polar surface area (TPSA) is 109 Å². The van der Waals surface area contributed by atoms with Crippen molar-refractivity contribution in [2.45, 2.75) is 39.2 Å². The van der Waals surface area contributed by atoms with Crippen LogP contribution in [0.2, 0.25) is 0 Å². The minimum Gasteiger partial charge on any atom is -0.465 e. The summed E-state index contributed by atoms with van der Waals surface area (Å²) in [4.78, 5) is 27.3. The van der Waals surface area contributed by atoms with Gasteiger partial charge in [-0.15, -0.1) is 0 Å². The van der Waals surface area contributed by atoms with Crippen molar-refractivity contribution in [2.75, 3.05) is 26.7 Å². The molecule has 0 spiro atoms. The molecule has 1 amide bonds. The van der Waals surface area contributed by atoms with Crippen LogP contribution in [-0.2, 0) is 16.1 Å². The number of nitrogens with zero attached hydrogens (tertiary/aromatic N) is 1. The first-order valence-corrected chi connectivity index (χ1v) is 11.6. The number of ether oxygens (including phenoxy) is 1. The molecule has 0 radical (unpaired) electrons. The third-order valence-corrected chi connectivity index (χ3v) is 6.05. The van der Waals surface area contributed by atoms with Crippen molar-refractivity contribution in [2.24, 2.45) is 11.7 Å². The summed E-state index contributed by atoms with van der Waals surface area (Å²) in [5.41, 5.74) is 9.26. The molecule has 0 bridgehead atoms. The number of carbonyl (C=O) groups excluding carboxylic acids is 2. The molecule has 33 heavy (non-hydrogen) atoms. The summed E-state index contributed by atoms with van der Waals surface area (Å²) < 4.78 is 4.98. The van der Waals surface area contributed by atoms with E-state index >= 15 is 0 Å². The van der Waals surface area contributed by atoms with Gasteiger partial charge in [-0.2, -0.15) is 0 Å².